The van der Waals surface area contributed by atoms with Crippen molar-refractivity contribution in [2.45, 2.75) is 24.3 Å². The van der Waals surface area contributed by atoms with Crippen LogP contribution in [0.4, 0.5) is 0 Å². The van der Waals surface area contributed by atoms with Crippen molar-refractivity contribution in [3.63, 3.8) is 0 Å². The van der Waals surface area contributed by atoms with E-state index in [1.165, 1.54) is 23.1 Å². The molecule has 39 heavy (non-hydrogen) atoms. The molecule has 3 aromatic carbocycles. The normalized spacial score (nSPS) is 11.1. The van der Waals surface area contributed by atoms with E-state index in [0.717, 1.165) is 27.4 Å². The largest absolute Gasteiger partial charge is 0.350 e. The number of halogens is 3. The van der Waals surface area contributed by atoms with Crippen LogP contribution in [-0.2, 0) is 12.2 Å². The summed E-state index contributed by atoms with van der Waals surface area (Å²) in [5.41, 5.74) is 4.19. The van der Waals surface area contributed by atoms with Crippen LogP contribution < -0.4 is 5.32 Å². The summed E-state index contributed by atoms with van der Waals surface area (Å²) in [6.45, 7) is 2.48. The Morgan fingerprint density at radius 1 is 1.00 bits per heavy atom. The van der Waals surface area contributed by atoms with Crippen molar-refractivity contribution >= 4 is 63.8 Å². The number of hydrogen-bond donors (Lipinski definition) is 1. The quantitative estimate of drug-likeness (QED) is 0.171. The highest BCUT2D eigenvalue weighted by Crippen LogP contribution is 2.33. The molecule has 5 rings (SSSR count). The molecular weight excluding hydrogens is 593 g/mol. The van der Waals surface area contributed by atoms with E-state index < -0.39 is 0 Å². The number of nitrogens with zero attached hydrogens (tertiary/aromatic N) is 4. The highest BCUT2D eigenvalue weighted by Gasteiger charge is 2.19. The standard InChI is InChI=1S/C28H22Cl3N5OS2/c1-17-6-10-20(11-7-17)36-26(21-4-2-3-5-22(21)30)34-35-28(36)39-16-25-33-24(15-38-25)27(37)32-13-12-18-8-9-19(29)14-23(18)31/h2-11,14-15H,12-13,16H2,1H3,(H,32,37). The number of thioether (sulfide) groups is 1. The molecule has 0 aliphatic heterocycles. The Labute approximate surface area is 249 Å². The highest BCUT2D eigenvalue weighted by molar-refractivity contribution is 7.98. The van der Waals surface area contributed by atoms with Gasteiger partial charge in [-0.1, -0.05) is 82.5 Å². The van der Waals surface area contributed by atoms with Crippen LogP contribution in [0.3, 0.4) is 0 Å². The summed E-state index contributed by atoms with van der Waals surface area (Å²) < 4.78 is 1.99. The Morgan fingerprint density at radius 3 is 2.56 bits per heavy atom. The number of aromatic nitrogens is 4. The van der Waals surface area contributed by atoms with Gasteiger partial charge < -0.3 is 5.32 Å². The number of carbonyl (C=O) groups is 1. The Morgan fingerprint density at radius 2 is 1.79 bits per heavy atom. The monoisotopic (exact) mass is 613 g/mol. The maximum absolute atomic E-state index is 12.7. The fourth-order valence-electron chi connectivity index (χ4n) is 3.84. The first-order valence-electron chi connectivity index (χ1n) is 12.0. The van der Waals surface area contributed by atoms with Crippen LogP contribution in [0.25, 0.3) is 17.1 Å². The minimum atomic E-state index is -0.226. The number of amides is 1. The SMILES string of the molecule is Cc1ccc(-n2c(SCc3nc(C(=O)NCCc4ccc(Cl)cc4Cl)cs3)nnc2-c2ccccc2Cl)cc1. The number of aryl methyl sites for hydroxylation is 1. The van der Waals surface area contributed by atoms with Crippen LogP contribution in [-0.4, -0.2) is 32.2 Å². The summed E-state index contributed by atoms with van der Waals surface area (Å²) in [4.78, 5) is 17.2. The second-order valence-corrected chi connectivity index (χ2v) is 11.7. The van der Waals surface area contributed by atoms with E-state index in [-0.39, 0.29) is 5.91 Å². The van der Waals surface area contributed by atoms with Gasteiger partial charge in [0.1, 0.15) is 10.7 Å². The minimum absolute atomic E-state index is 0.226. The first-order chi connectivity index (χ1) is 18.9. The summed E-state index contributed by atoms with van der Waals surface area (Å²) in [6.07, 6.45) is 0.594. The van der Waals surface area contributed by atoms with Crippen LogP contribution in [0.15, 0.2) is 77.3 Å². The summed E-state index contributed by atoms with van der Waals surface area (Å²) in [6, 6.07) is 21.1. The van der Waals surface area contributed by atoms with Crippen molar-refractivity contribution < 1.29 is 4.79 Å². The molecule has 0 radical (unpaired) electrons. The summed E-state index contributed by atoms with van der Waals surface area (Å²) in [5, 5.41) is 16.9. The lowest BCUT2D eigenvalue weighted by Crippen LogP contribution is -2.26. The number of nitrogens with one attached hydrogen (secondary N) is 1. The van der Waals surface area contributed by atoms with Crippen LogP contribution in [0.1, 0.15) is 26.6 Å². The minimum Gasteiger partial charge on any atom is -0.350 e. The molecule has 1 amide bonds. The Hall–Kier alpha value is -2.88. The lowest BCUT2D eigenvalue weighted by molar-refractivity contribution is 0.0949. The number of benzene rings is 3. The van der Waals surface area contributed by atoms with Gasteiger partial charge in [0.25, 0.3) is 5.91 Å². The maximum Gasteiger partial charge on any atom is 0.270 e. The van der Waals surface area contributed by atoms with E-state index in [1.54, 1.807) is 17.5 Å². The van der Waals surface area contributed by atoms with Crippen LogP contribution in [0.5, 0.6) is 0 Å². The van der Waals surface area contributed by atoms with Gasteiger partial charge in [-0.25, -0.2) is 4.98 Å². The Bertz CT molecular complexity index is 1620. The fourth-order valence-corrected chi connectivity index (χ4v) is 6.31. The van der Waals surface area contributed by atoms with Gasteiger partial charge in [-0.3, -0.25) is 9.36 Å². The zero-order valence-corrected chi connectivity index (χ0v) is 24.6. The molecule has 0 saturated carbocycles. The Kier molecular flexibility index (Phi) is 8.89. The zero-order valence-electron chi connectivity index (χ0n) is 20.7. The molecule has 11 heteroatoms. The van der Waals surface area contributed by atoms with Gasteiger partial charge in [0.15, 0.2) is 11.0 Å². The summed E-state index contributed by atoms with van der Waals surface area (Å²) in [7, 11) is 0. The molecule has 5 aromatic rings. The third-order valence-electron chi connectivity index (χ3n) is 5.84. The van der Waals surface area contributed by atoms with Gasteiger partial charge in [0.2, 0.25) is 0 Å². The topological polar surface area (TPSA) is 72.7 Å². The van der Waals surface area contributed by atoms with E-state index in [1.807, 2.05) is 66.1 Å². The second-order valence-electron chi connectivity index (χ2n) is 8.61. The summed E-state index contributed by atoms with van der Waals surface area (Å²) >= 11 is 21.6. The molecule has 2 aromatic heterocycles. The third-order valence-corrected chi connectivity index (χ3v) is 8.73. The fraction of sp³-hybridized carbons (Fsp3) is 0.143. The smallest absolute Gasteiger partial charge is 0.270 e. The lowest BCUT2D eigenvalue weighted by atomic mass is 10.1. The molecule has 0 saturated heterocycles. The molecule has 0 spiro atoms. The zero-order chi connectivity index (χ0) is 27.4. The number of carbonyl (C=O) groups excluding carboxylic acids is 1. The van der Waals surface area contributed by atoms with Gasteiger partial charge in [0.05, 0.1) is 10.8 Å². The van der Waals surface area contributed by atoms with E-state index in [2.05, 4.69) is 20.5 Å². The van der Waals surface area contributed by atoms with Crippen LogP contribution in [0, 0.1) is 6.92 Å². The average molecular weight is 615 g/mol. The van der Waals surface area contributed by atoms with Gasteiger partial charge in [-0.05, 0) is 55.3 Å². The lowest BCUT2D eigenvalue weighted by Gasteiger charge is -2.11. The first-order valence-corrected chi connectivity index (χ1v) is 15.0. The molecule has 0 bridgehead atoms. The molecule has 0 atom stereocenters. The molecule has 6 nitrogen and oxygen atoms in total. The van der Waals surface area contributed by atoms with E-state index in [9.17, 15) is 4.79 Å². The molecule has 1 N–H and O–H groups in total. The average Bonchev–Trinajstić information content (AvgIpc) is 3.57. The van der Waals surface area contributed by atoms with Crippen LogP contribution >= 0.6 is 57.9 Å². The molecule has 2 heterocycles. The van der Waals surface area contributed by atoms with Crippen molar-refractivity contribution in [1.82, 2.24) is 25.1 Å². The van der Waals surface area contributed by atoms with Crippen LogP contribution in [0.2, 0.25) is 15.1 Å². The molecule has 198 valence electrons. The molecule has 0 aliphatic rings. The molecule has 0 fully saturated rings. The predicted octanol–water partition coefficient (Wildman–Crippen LogP) is 7.92. The van der Waals surface area contributed by atoms with E-state index in [0.29, 0.717) is 50.5 Å². The van der Waals surface area contributed by atoms with Crippen molar-refractivity contribution in [2.75, 3.05) is 6.54 Å². The molecule has 0 aliphatic carbocycles. The maximum atomic E-state index is 12.7. The molecular formula is C28H22Cl3N5OS2. The van der Waals surface area contributed by atoms with Crippen molar-refractivity contribution in [3.8, 4) is 17.1 Å². The third kappa shape index (κ3) is 6.65. The van der Waals surface area contributed by atoms with E-state index >= 15 is 0 Å². The van der Waals surface area contributed by atoms with Crippen molar-refractivity contribution in [3.05, 3.63) is 109 Å². The van der Waals surface area contributed by atoms with Gasteiger partial charge in [-0.2, -0.15) is 0 Å². The van der Waals surface area contributed by atoms with Gasteiger partial charge >= 0.3 is 0 Å². The molecule has 0 unspecified atom stereocenters. The number of hydrogen-bond acceptors (Lipinski definition) is 6. The highest BCUT2D eigenvalue weighted by atomic mass is 35.5. The van der Waals surface area contributed by atoms with E-state index in [4.69, 9.17) is 34.8 Å². The predicted molar refractivity (Wildman–Crippen MR) is 161 cm³/mol. The van der Waals surface area contributed by atoms with Gasteiger partial charge in [0, 0.05) is 33.2 Å². The Balaban J connectivity index is 1.28. The second kappa shape index (κ2) is 12.5. The number of thiazole rings is 1. The summed E-state index contributed by atoms with van der Waals surface area (Å²) in [5.74, 6) is 0.966. The van der Waals surface area contributed by atoms with Gasteiger partial charge in [-0.15, -0.1) is 21.5 Å². The number of rotatable bonds is 9. The van der Waals surface area contributed by atoms with Crippen molar-refractivity contribution in [1.29, 1.82) is 0 Å². The van der Waals surface area contributed by atoms with Crippen molar-refractivity contribution in [2.24, 2.45) is 0 Å². The first kappa shape index (κ1) is 27.7.